The third kappa shape index (κ3) is 5.55. The Kier molecular flexibility index (Phi) is 6.48. The van der Waals surface area contributed by atoms with Crippen molar-refractivity contribution in [2.75, 3.05) is 18.5 Å². The van der Waals surface area contributed by atoms with Crippen molar-refractivity contribution in [1.82, 2.24) is 5.32 Å². The molecule has 0 unspecified atom stereocenters. The second-order valence-corrected chi connectivity index (χ2v) is 7.17. The van der Waals surface area contributed by atoms with Crippen LogP contribution in [0.3, 0.4) is 0 Å². The summed E-state index contributed by atoms with van der Waals surface area (Å²) < 4.78 is 5.63. The number of nitrogens with one attached hydrogen (secondary N) is 2. The molecule has 1 amide bonds. The molecule has 0 aromatic heterocycles. The maximum atomic E-state index is 12.6. The highest BCUT2D eigenvalue weighted by molar-refractivity contribution is 6.31. The second kappa shape index (κ2) is 9.02. The summed E-state index contributed by atoms with van der Waals surface area (Å²) in [6, 6.07) is 13.0. The van der Waals surface area contributed by atoms with E-state index in [0.717, 1.165) is 36.3 Å². The van der Waals surface area contributed by atoms with E-state index in [-0.39, 0.29) is 12.0 Å². The van der Waals surface area contributed by atoms with E-state index < -0.39 is 0 Å². The number of anilines is 1. The number of hydrogen-bond donors (Lipinski definition) is 2. The minimum atomic E-state index is -0.215. The Morgan fingerprint density at radius 3 is 2.70 bits per heavy atom. The Morgan fingerprint density at radius 2 is 2.00 bits per heavy atom. The van der Waals surface area contributed by atoms with Crippen LogP contribution in [0.15, 0.2) is 47.5 Å². The summed E-state index contributed by atoms with van der Waals surface area (Å²) >= 11 is 6.11. The number of carbonyl (C=O) groups excluding carboxylic acids is 1. The smallest absolute Gasteiger partial charge is 0.257 e. The highest BCUT2D eigenvalue weighted by Crippen LogP contribution is 2.20. The number of halogens is 1. The number of aliphatic imine (C=N–C) groups is 1. The molecule has 1 saturated heterocycles. The number of nitrogens with zero attached hydrogens (tertiary/aromatic N) is 1. The van der Waals surface area contributed by atoms with E-state index in [1.807, 2.05) is 44.2 Å². The third-order valence-electron chi connectivity index (χ3n) is 4.48. The number of rotatable bonds is 4. The van der Waals surface area contributed by atoms with Crippen LogP contribution < -0.4 is 10.6 Å². The fourth-order valence-corrected chi connectivity index (χ4v) is 3.00. The Bertz CT molecular complexity index is 828. The Morgan fingerprint density at radius 1 is 1.22 bits per heavy atom. The zero-order valence-electron chi connectivity index (χ0n) is 15.6. The lowest BCUT2D eigenvalue weighted by Gasteiger charge is -2.15. The van der Waals surface area contributed by atoms with Crippen molar-refractivity contribution in [3.8, 4) is 0 Å². The minimum absolute atomic E-state index is 0.0959. The molecule has 1 aliphatic rings. The fraction of sp³-hybridized carbons (Fsp3) is 0.333. The maximum absolute atomic E-state index is 12.6. The highest BCUT2D eigenvalue weighted by atomic mass is 35.5. The number of hydrogen-bond acceptors (Lipinski definition) is 3. The molecule has 5 nitrogen and oxygen atoms in total. The summed E-state index contributed by atoms with van der Waals surface area (Å²) in [5, 5.41) is 6.69. The Labute approximate surface area is 164 Å². The molecule has 142 valence electrons. The molecular formula is C21H24ClN3O2. The van der Waals surface area contributed by atoms with Gasteiger partial charge in [0.15, 0.2) is 0 Å². The van der Waals surface area contributed by atoms with Gasteiger partial charge in [0.1, 0.15) is 0 Å². The molecule has 0 saturated carbocycles. The molecule has 0 aliphatic carbocycles. The van der Waals surface area contributed by atoms with Crippen LogP contribution in [0.5, 0.6) is 0 Å². The highest BCUT2D eigenvalue weighted by Gasteiger charge is 2.16. The van der Waals surface area contributed by atoms with Gasteiger partial charge in [0, 0.05) is 22.9 Å². The van der Waals surface area contributed by atoms with Crippen molar-refractivity contribution in [1.29, 1.82) is 0 Å². The monoisotopic (exact) mass is 385 g/mol. The number of ether oxygens (including phenoxy) is 1. The number of amides is 1. The van der Waals surface area contributed by atoms with Crippen LogP contribution in [-0.2, 0) is 4.74 Å². The van der Waals surface area contributed by atoms with Crippen LogP contribution in [0.25, 0.3) is 0 Å². The van der Waals surface area contributed by atoms with Gasteiger partial charge in [0.05, 0.1) is 12.6 Å². The van der Waals surface area contributed by atoms with Gasteiger partial charge < -0.3 is 10.1 Å². The number of benzene rings is 2. The Hall–Kier alpha value is -2.37. The van der Waals surface area contributed by atoms with Crippen LogP contribution in [0.2, 0.25) is 5.02 Å². The first-order valence-corrected chi connectivity index (χ1v) is 9.46. The van der Waals surface area contributed by atoms with Gasteiger partial charge in [-0.25, -0.2) is 4.99 Å². The van der Waals surface area contributed by atoms with E-state index in [0.29, 0.717) is 23.1 Å². The number of guanidine groups is 1. The molecule has 1 heterocycles. The van der Waals surface area contributed by atoms with E-state index >= 15 is 0 Å². The molecule has 3 rings (SSSR count). The first-order valence-electron chi connectivity index (χ1n) is 9.08. The zero-order chi connectivity index (χ0) is 19.2. The lowest BCUT2D eigenvalue weighted by molar-refractivity contribution is 0.0975. The van der Waals surface area contributed by atoms with Gasteiger partial charge in [-0.05, 0) is 56.5 Å². The van der Waals surface area contributed by atoms with E-state index in [4.69, 9.17) is 16.3 Å². The molecule has 2 N–H and O–H groups in total. The minimum Gasteiger partial charge on any atom is -0.376 e. The quantitative estimate of drug-likeness (QED) is 0.608. The zero-order valence-corrected chi connectivity index (χ0v) is 16.3. The molecule has 0 radical (unpaired) electrons. The van der Waals surface area contributed by atoms with Crippen LogP contribution in [0, 0.1) is 13.8 Å². The van der Waals surface area contributed by atoms with Crippen LogP contribution in [-0.4, -0.2) is 31.1 Å². The molecule has 1 aliphatic heterocycles. The van der Waals surface area contributed by atoms with Gasteiger partial charge >= 0.3 is 0 Å². The van der Waals surface area contributed by atoms with Crippen molar-refractivity contribution < 1.29 is 9.53 Å². The van der Waals surface area contributed by atoms with Crippen molar-refractivity contribution in [3.05, 3.63) is 64.2 Å². The van der Waals surface area contributed by atoms with Gasteiger partial charge in [-0.1, -0.05) is 35.4 Å². The summed E-state index contributed by atoms with van der Waals surface area (Å²) in [4.78, 5) is 17.2. The standard InChI is InChI=1S/C21H24ClN3O2/c1-14-5-8-16(9-6-14)20(26)25-21(23-13-18-4-3-11-27-18)24-19-12-17(22)10-7-15(19)2/h5-10,12,18H,3-4,11,13H2,1-2H3,(H2,23,24,25,26)/t18-/m0/s1. The van der Waals surface area contributed by atoms with E-state index in [2.05, 4.69) is 15.6 Å². The summed E-state index contributed by atoms with van der Waals surface area (Å²) in [5.74, 6) is 0.176. The largest absolute Gasteiger partial charge is 0.376 e. The van der Waals surface area contributed by atoms with E-state index in [1.54, 1.807) is 12.1 Å². The van der Waals surface area contributed by atoms with Gasteiger partial charge in [-0.3, -0.25) is 10.1 Å². The van der Waals surface area contributed by atoms with Gasteiger partial charge in [-0.2, -0.15) is 0 Å². The molecule has 0 bridgehead atoms. The van der Waals surface area contributed by atoms with Crippen LogP contribution in [0.1, 0.15) is 34.3 Å². The predicted molar refractivity (Wildman–Crippen MR) is 110 cm³/mol. The lowest BCUT2D eigenvalue weighted by atomic mass is 10.1. The molecule has 27 heavy (non-hydrogen) atoms. The summed E-state index contributed by atoms with van der Waals surface area (Å²) in [7, 11) is 0. The third-order valence-corrected chi connectivity index (χ3v) is 4.71. The van der Waals surface area contributed by atoms with Crippen LogP contribution in [0.4, 0.5) is 5.69 Å². The first kappa shape index (κ1) is 19.4. The lowest BCUT2D eigenvalue weighted by Crippen LogP contribution is -2.37. The summed E-state index contributed by atoms with van der Waals surface area (Å²) in [6.07, 6.45) is 2.13. The van der Waals surface area contributed by atoms with E-state index in [9.17, 15) is 4.79 Å². The average molecular weight is 386 g/mol. The normalized spacial score (nSPS) is 17.0. The van der Waals surface area contributed by atoms with Crippen molar-refractivity contribution in [2.24, 2.45) is 4.99 Å². The number of carbonyl (C=O) groups is 1. The average Bonchev–Trinajstić information content (AvgIpc) is 3.17. The molecule has 0 spiro atoms. The molecule has 1 atom stereocenters. The fourth-order valence-electron chi connectivity index (χ4n) is 2.83. The van der Waals surface area contributed by atoms with Gasteiger partial charge in [-0.15, -0.1) is 0 Å². The SMILES string of the molecule is Cc1ccc(C(=O)NC(=NC[C@@H]2CCCO2)Nc2cc(Cl)ccc2C)cc1. The molecule has 1 fully saturated rings. The second-order valence-electron chi connectivity index (χ2n) is 6.73. The van der Waals surface area contributed by atoms with Crippen molar-refractivity contribution in [2.45, 2.75) is 32.8 Å². The number of aryl methyl sites for hydroxylation is 2. The molecular weight excluding hydrogens is 362 g/mol. The Balaban J connectivity index is 1.77. The summed E-state index contributed by atoms with van der Waals surface area (Å²) in [6.45, 7) is 5.22. The van der Waals surface area contributed by atoms with Gasteiger partial charge in [0.2, 0.25) is 5.96 Å². The molecule has 2 aromatic rings. The molecule has 2 aromatic carbocycles. The molecule has 6 heteroatoms. The maximum Gasteiger partial charge on any atom is 0.257 e. The van der Waals surface area contributed by atoms with Gasteiger partial charge in [0.25, 0.3) is 5.91 Å². The van der Waals surface area contributed by atoms with Crippen LogP contribution >= 0.6 is 11.6 Å². The summed E-state index contributed by atoms with van der Waals surface area (Å²) in [5.41, 5.74) is 3.49. The first-order chi connectivity index (χ1) is 13.0. The van der Waals surface area contributed by atoms with Crippen molar-refractivity contribution in [3.63, 3.8) is 0 Å². The van der Waals surface area contributed by atoms with E-state index in [1.165, 1.54) is 0 Å². The predicted octanol–water partition coefficient (Wildman–Crippen LogP) is 4.33. The van der Waals surface area contributed by atoms with Crippen molar-refractivity contribution >= 4 is 29.2 Å². The topological polar surface area (TPSA) is 62.7 Å².